The lowest BCUT2D eigenvalue weighted by molar-refractivity contribution is -0.138. The Balaban J connectivity index is 1.69. The number of carboxylic acids is 1. The number of carbonyl (C=O) groups excluding carboxylic acids is 1. The topological polar surface area (TPSA) is 176 Å². The molecule has 1 atom stereocenters. The molecule has 1 amide bonds. The number of nitrogen functional groups attached to an aromatic ring is 1. The number of nitrogens with zero attached hydrogens (tertiary/aromatic N) is 2. The van der Waals surface area contributed by atoms with Crippen LogP contribution in [0.15, 0.2) is 59.5 Å². The maximum Gasteiger partial charge on any atom is 0.325 e. The standard InChI is InChI=1S/C28H30N6O5S/c1-15-11-16(2)24(17(3)12-15)40(38,39)34-23-13-19(9-10-21(23)26(35)31-18(4)27(36)37)14-30-28-32-22-8-6-5-7-20(22)25(29)33-28/h5-13,18,34H,14H2,1-4H3,(H,31,35)(H,36,37)(H3,29,30,32,33)/t18-/m0/s1. The van der Waals surface area contributed by atoms with E-state index in [0.717, 1.165) is 10.9 Å². The van der Waals surface area contributed by atoms with Gasteiger partial charge in [0.25, 0.3) is 15.9 Å². The van der Waals surface area contributed by atoms with Crippen LogP contribution < -0.4 is 21.1 Å². The Kier molecular flexibility index (Phi) is 7.91. The van der Waals surface area contributed by atoms with Gasteiger partial charge < -0.3 is 21.5 Å². The summed E-state index contributed by atoms with van der Waals surface area (Å²) in [5, 5.41) is 15.4. The summed E-state index contributed by atoms with van der Waals surface area (Å²) in [5.74, 6) is -1.38. The number of anilines is 3. The second kappa shape index (κ2) is 11.2. The van der Waals surface area contributed by atoms with Crippen molar-refractivity contribution in [2.45, 2.75) is 45.2 Å². The largest absolute Gasteiger partial charge is 0.480 e. The first-order valence-corrected chi connectivity index (χ1v) is 13.9. The van der Waals surface area contributed by atoms with Crippen molar-refractivity contribution in [3.8, 4) is 0 Å². The highest BCUT2D eigenvalue weighted by atomic mass is 32.2. The summed E-state index contributed by atoms with van der Waals surface area (Å²) in [7, 11) is -4.11. The highest BCUT2D eigenvalue weighted by molar-refractivity contribution is 7.92. The minimum Gasteiger partial charge on any atom is -0.480 e. The van der Waals surface area contributed by atoms with Crippen molar-refractivity contribution < 1.29 is 23.1 Å². The van der Waals surface area contributed by atoms with Gasteiger partial charge >= 0.3 is 5.97 Å². The molecule has 0 aliphatic carbocycles. The minimum atomic E-state index is -4.11. The van der Waals surface area contributed by atoms with Crippen molar-refractivity contribution in [1.82, 2.24) is 15.3 Å². The normalized spacial score (nSPS) is 12.1. The summed E-state index contributed by atoms with van der Waals surface area (Å²) in [6, 6.07) is 14.2. The van der Waals surface area contributed by atoms with E-state index in [1.165, 1.54) is 19.1 Å². The molecule has 0 aliphatic heterocycles. The first-order chi connectivity index (χ1) is 18.9. The van der Waals surface area contributed by atoms with Crippen LogP contribution in [0.4, 0.5) is 17.5 Å². The van der Waals surface area contributed by atoms with Crippen LogP contribution in [-0.4, -0.2) is 41.4 Å². The molecule has 4 aromatic rings. The van der Waals surface area contributed by atoms with Crippen LogP contribution in [-0.2, 0) is 21.4 Å². The number of para-hydroxylation sites is 1. The van der Waals surface area contributed by atoms with Gasteiger partial charge in [0.05, 0.1) is 21.7 Å². The summed E-state index contributed by atoms with van der Waals surface area (Å²) in [6.45, 7) is 6.77. The third-order valence-corrected chi connectivity index (χ3v) is 7.92. The van der Waals surface area contributed by atoms with Crippen molar-refractivity contribution in [2.24, 2.45) is 0 Å². The van der Waals surface area contributed by atoms with Gasteiger partial charge in [-0.2, -0.15) is 4.98 Å². The summed E-state index contributed by atoms with van der Waals surface area (Å²) < 4.78 is 29.6. The number of rotatable bonds is 9. The van der Waals surface area contributed by atoms with Crippen molar-refractivity contribution >= 4 is 50.3 Å². The molecule has 0 aliphatic rings. The summed E-state index contributed by atoms with van der Waals surface area (Å²) >= 11 is 0. The number of aromatic nitrogens is 2. The Hall–Kier alpha value is -4.71. The van der Waals surface area contributed by atoms with Gasteiger partial charge in [0.1, 0.15) is 11.9 Å². The molecular weight excluding hydrogens is 532 g/mol. The monoisotopic (exact) mass is 562 g/mol. The van der Waals surface area contributed by atoms with Gasteiger partial charge in [0.2, 0.25) is 5.95 Å². The van der Waals surface area contributed by atoms with Crippen LogP contribution in [0.25, 0.3) is 10.9 Å². The Morgan fingerprint density at radius 2 is 1.68 bits per heavy atom. The molecule has 208 valence electrons. The second-order valence-electron chi connectivity index (χ2n) is 9.55. The molecule has 40 heavy (non-hydrogen) atoms. The molecule has 0 unspecified atom stereocenters. The van der Waals surface area contributed by atoms with Crippen LogP contribution in [0.5, 0.6) is 0 Å². The third-order valence-electron chi connectivity index (χ3n) is 6.25. The lowest BCUT2D eigenvalue weighted by atomic mass is 10.1. The van der Waals surface area contributed by atoms with Gasteiger partial charge in [-0.25, -0.2) is 13.4 Å². The lowest BCUT2D eigenvalue weighted by Crippen LogP contribution is -2.38. The van der Waals surface area contributed by atoms with Gasteiger partial charge in [-0.3, -0.25) is 14.3 Å². The van der Waals surface area contributed by atoms with E-state index in [0.29, 0.717) is 28.0 Å². The fourth-order valence-corrected chi connectivity index (χ4v) is 5.99. The van der Waals surface area contributed by atoms with E-state index in [9.17, 15) is 23.1 Å². The number of aryl methyl sites for hydroxylation is 3. The van der Waals surface area contributed by atoms with Gasteiger partial charge in [0.15, 0.2) is 0 Å². The van der Waals surface area contributed by atoms with Gasteiger partial charge in [0, 0.05) is 11.9 Å². The number of nitrogens with two attached hydrogens (primary N) is 1. The van der Waals surface area contributed by atoms with Crippen LogP contribution in [0.2, 0.25) is 0 Å². The summed E-state index contributed by atoms with van der Waals surface area (Å²) in [6.07, 6.45) is 0. The zero-order chi connectivity index (χ0) is 29.2. The first-order valence-electron chi connectivity index (χ1n) is 12.4. The number of carbonyl (C=O) groups is 2. The van der Waals surface area contributed by atoms with Gasteiger partial charge in [-0.15, -0.1) is 0 Å². The van der Waals surface area contributed by atoms with Crippen molar-refractivity contribution in [1.29, 1.82) is 0 Å². The molecular formula is C28H30N6O5S. The van der Waals surface area contributed by atoms with Crippen LogP contribution >= 0.6 is 0 Å². The fourth-order valence-electron chi connectivity index (χ4n) is 4.47. The number of hydrogen-bond donors (Lipinski definition) is 5. The predicted octanol–water partition coefficient (Wildman–Crippen LogP) is 3.75. The SMILES string of the molecule is Cc1cc(C)c(S(=O)(=O)Nc2cc(CNc3nc(N)c4ccccc4n3)ccc2C(=O)N[C@@H](C)C(=O)O)c(C)c1. The number of sulfonamides is 1. The van der Waals surface area contributed by atoms with E-state index in [1.54, 1.807) is 32.0 Å². The molecule has 0 radical (unpaired) electrons. The average Bonchev–Trinajstić information content (AvgIpc) is 2.86. The van der Waals surface area contributed by atoms with E-state index < -0.39 is 27.9 Å². The van der Waals surface area contributed by atoms with E-state index >= 15 is 0 Å². The fraction of sp³-hybridized carbons (Fsp3) is 0.214. The van der Waals surface area contributed by atoms with E-state index in [2.05, 4.69) is 25.3 Å². The van der Waals surface area contributed by atoms with Gasteiger partial charge in [-0.1, -0.05) is 35.9 Å². The van der Waals surface area contributed by atoms with Crippen molar-refractivity contribution in [3.63, 3.8) is 0 Å². The molecule has 0 saturated carbocycles. The Labute approximate surface area is 231 Å². The number of aliphatic carboxylic acids is 1. The summed E-state index contributed by atoms with van der Waals surface area (Å²) in [4.78, 5) is 33.1. The predicted molar refractivity (Wildman–Crippen MR) is 154 cm³/mol. The lowest BCUT2D eigenvalue weighted by Gasteiger charge is -2.18. The molecule has 4 rings (SSSR count). The molecule has 6 N–H and O–H groups in total. The number of nitrogens with one attached hydrogen (secondary N) is 3. The highest BCUT2D eigenvalue weighted by Gasteiger charge is 2.24. The van der Waals surface area contributed by atoms with E-state index in [1.807, 2.05) is 31.2 Å². The van der Waals surface area contributed by atoms with E-state index in [-0.39, 0.29) is 28.6 Å². The first kappa shape index (κ1) is 28.3. The van der Waals surface area contributed by atoms with Gasteiger partial charge in [-0.05, 0) is 68.7 Å². The smallest absolute Gasteiger partial charge is 0.325 e. The number of benzene rings is 3. The third kappa shape index (κ3) is 6.12. The molecule has 11 nitrogen and oxygen atoms in total. The maximum absolute atomic E-state index is 13.5. The molecule has 1 aromatic heterocycles. The second-order valence-corrected chi connectivity index (χ2v) is 11.2. The average molecular weight is 563 g/mol. The van der Waals surface area contributed by atoms with Crippen molar-refractivity contribution in [3.05, 3.63) is 82.4 Å². The Bertz CT molecular complexity index is 1720. The molecule has 0 saturated heterocycles. The van der Waals surface area contributed by atoms with Crippen molar-refractivity contribution in [2.75, 3.05) is 15.8 Å². The Morgan fingerprint density at radius 3 is 2.35 bits per heavy atom. The molecule has 0 fully saturated rings. The Morgan fingerprint density at radius 1 is 1.00 bits per heavy atom. The highest BCUT2D eigenvalue weighted by Crippen LogP contribution is 2.27. The number of hydrogen-bond acceptors (Lipinski definition) is 8. The molecule has 3 aromatic carbocycles. The molecule has 0 spiro atoms. The summed E-state index contributed by atoms with van der Waals surface area (Å²) in [5.41, 5.74) is 9.32. The number of amides is 1. The molecule has 1 heterocycles. The zero-order valence-corrected chi connectivity index (χ0v) is 23.3. The van der Waals surface area contributed by atoms with Crippen LogP contribution in [0.3, 0.4) is 0 Å². The number of fused-ring (bicyclic) bond motifs is 1. The van der Waals surface area contributed by atoms with Crippen LogP contribution in [0, 0.1) is 20.8 Å². The minimum absolute atomic E-state index is 0.00675. The quantitative estimate of drug-likeness (QED) is 0.203. The maximum atomic E-state index is 13.5. The van der Waals surface area contributed by atoms with Crippen LogP contribution in [0.1, 0.15) is 39.5 Å². The molecule has 0 bridgehead atoms. The molecule has 12 heteroatoms. The zero-order valence-electron chi connectivity index (χ0n) is 22.4. The number of carboxylic acid groups (broad SMARTS) is 1. The van der Waals surface area contributed by atoms with E-state index in [4.69, 9.17) is 5.73 Å².